The van der Waals surface area contributed by atoms with Crippen LogP contribution in [0.1, 0.15) is 67.9 Å². The maximum atomic E-state index is 14.4. The Balaban J connectivity index is 1.63. The Bertz CT molecular complexity index is 1050. The van der Waals surface area contributed by atoms with Crippen molar-refractivity contribution in [3.63, 3.8) is 0 Å². The van der Waals surface area contributed by atoms with Crippen LogP contribution in [-0.2, 0) is 10.8 Å². The summed E-state index contributed by atoms with van der Waals surface area (Å²) in [7, 11) is 0. The van der Waals surface area contributed by atoms with Crippen LogP contribution < -0.4 is 0 Å². The SMILES string of the molecule is CC(C)(C)c1csc(C23CCC(C2)c2c3cnn2-c2ccc(F)cc2F)n1. The van der Waals surface area contributed by atoms with Gasteiger partial charge in [-0.2, -0.15) is 5.10 Å². The van der Waals surface area contributed by atoms with Crippen molar-refractivity contribution in [2.75, 3.05) is 0 Å². The molecule has 6 heteroatoms. The monoisotopic (exact) mass is 385 g/mol. The summed E-state index contributed by atoms with van der Waals surface area (Å²) in [6, 6.07) is 3.67. The molecular weight excluding hydrogens is 364 g/mol. The molecule has 1 aromatic carbocycles. The average molecular weight is 385 g/mol. The highest BCUT2D eigenvalue weighted by molar-refractivity contribution is 7.09. The Hall–Kier alpha value is -2.08. The number of hydrogen-bond donors (Lipinski definition) is 0. The van der Waals surface area contributed by atoms with E-state index in [0.29, 0.717) is 11.6 Å². The van der Waals surface area contributed by atoms with E-state index in [1.807, 2.05) is 6.20 Å². The lowest BCUT2D eigenvalue weighted by molar-refractivity contribution is 0.527. The molecule has 0 spiro atoms. The zero-order valence-electron chi connectivity index (χ0n) is 15.6. The van der Waals surface area contributed by atoms with E-state index in [2.05, 4.69) is 31.2 Å². The van der Waals surface area contributed by atoms with E-state index in [4.69, 9.17) is 4.98 Å². The van der Waals surface area contributed by atoms with Crippen molar-refractivity contribution in [2.24, 2.45) is 0 Å². The van der Waals surface area contributed by atoms with Crippen molar-refractivity contribution >= 4 is 11.3 Å². The van der Waals surface area contributed by atoms with Gasteiger partial charge in [0.1, 0.15) is 16.5 Å². The summed E-state index contributed by atoms with van der Waals surface area (Å²) >= 11 is 1.73. The molecule has 0 N–H and O–H groups in total. The van der Waals surface area contributed by atoms with Crippen molar-refractivity contribution in [3.8, 4) is 5.69 Å². The van der Waals surface area contributed by atoms with Crippen molar-refractivity contribution in [2.45, 2.75) is 56.8 Å². The third-order valence-electron chi connectivity index (χ3n) is 6.04. The quantitative estimate of drug-likeness (QED) is 0.585. The van der Waals surface area contributed by atoms with Crippen molar-refractivity contribution in [3.05, 3.63) is 63.4 Å². The van der Waals surface area contributed by atoms with Gasteiger partial charge < -0.3 is 0 Å². The molecule has 2 heterocycles. The van der Waals surface area contributed by atoms with Crippen LogP contribution in [0.4, 0.5) is 8.78 Å². The van der Waals surface area contributed by atoms with Crippen LogP contribution >= 0.6 is 11.3 Å². The average Bonchev–Trinajstić information content (AvgIpc) is 3.35. The van der Waals surface area contributed by atoms with Gasteiger partial charge in [-0.3, -0.25) is 0 Å². The Morgan fingerprint density at radius 3 is 2.78 bits per heavy atom. The molecule has 0 amide bonds. The number of rotatable bonds is 2. The van der Waals surface area contributed by atoms with Gasteiger partial charge in [0.15, 0.2) is 5.82 Å². The summed E-state index contributed by atoms with van der Waals surface area (Å²) in [5.74, 6) is -0.813. The maximum absolute atomic E-state index is 14.4. The maximum Gasteiger partial charge on any atom is 0.151 e. The van der Waals surface area contributed by atoms with Gasteiger partial charge in [-0.15, -0.1) is 11.3 Å². The standard InChI is InChI=1S/C21H21F2N3S/c1-20(2,3)17-11-27-19(25-17)21-7-6-12(9-21)18-14(21)10-24-26(18)16-5-4-13(22)8-15(16)23/h4-5,8,10-12H,6-7,9H2,1-3H3. The van der Waals surface area contributed by atoms with Crippen LogP contribution in [0.15, 0.2) is 29.8 Å². The third kappa shape index (κ3) is 2.35. The number of nitrogens with zero attached hydrogens (tertiary/aromatic N) is 3. The highest BCUT2D eigenvalue weighted by atomic mass is 32.1. The largest absolute Gasteiger partial charge is 0.245 e. The first-order chi connectivity index (χ1) is 12.8. The van der Waals surface area contributed by atoms with Gasteiger partial charge in [0.25, 0.3) is 0 Å². The molecule has 0 saturated heterocycles. The Kier molecular flexibility index (Phi) is 3.46. The Labute approximate surface area is 161 Å². The van der Waals surface area contributed by atoms with Crippen LogP contribution in [0.5, 0.6) is 0 Å². The molecule has 3 aromatic rings. The van der Waals surface area contributed by atoms with Gasteiger partial charge in [-0.25, -0.2) is 18.4 Å². The fraction of sp³-hybridized carbons (Fsp3) is 0.429. The highest BCUT2D eigenvalue weighted by Crippen LogP contribution is 2.61. The van der Waals surface area contributed by atoms with Crippen molar-refractivity contribution in [1.29, 1.82) is 0 Å². The van der Waals surface area contributed by atoms with Crippen LogP contribution in [0, 0.1) is 11.6 Å². The summed E-state index contributed by atoms with van der Waals surface area (Å²) in [4.78, 5) is 5.00. The summed E-state index contributed by atoms with van der Waals surface area (Å²) in [5.41, 5.74) is 3.58. The summed E-state index contributed by atoms with van der Waals surface area (Å²) in [6.07, 6.45) is 4.97. The van der Waals surface area contributed by atoms with Crippen molar-refractivity contribution < 1.29 is 8.78 Å². The molecule has 2 atom stereocenters. The van der Waals surface area contributed by atoms with E-state index in [0.717, 1.165) is 47.3 Å². The van der Waals surface area contributed by atoms with E-state index in [-0.39, 0.29) is 10.8 Å². The minimum Gasteiger partial charge on any atom is -0.245 e. The molecule has 0 aliphatic heterocycles. The van der Waals surface area contributed by atoms with Crippen molar-refractivity contribution in [1.82, 2.24) is 14.8 Å². The first kappa shape index (κ1) is 17.0. The van der Waals surface area contributed by atoms with Gasteiger partial charge in [0.2, 0.25) is 0 Å². The summed E-state index contributed by atoms with van der Waals surface area (Å²) in [6.45, 7) is 6.53. The Morgan fingerprint density at radius 2 is 2.07 bits per heavy atom. The number of fused-ring (bicyclic) bond motifs is 5. The number of halogens is 2. The Morgan fingerprint density at radius 1 is 1.26 bits per heavy atom. The lowest BCUT2D eigenvalue weighted by atomic mass is 9.82. The fourth-order valence-electron chi connectivity index (χ4n) is 4.64. The minimum absolute atomic E-state index is 0.0201. The normalized spacial score (nSPS) is 23.8. The highest BCUT2D eigenvalue weighted by Gasteiger charge is 2.54. The lowest BCUT2D eigenvalue weighted by Crippen LogP contribution is -2.23. The van der Waals surface area contributed by atoms with E-state index in [9.17, 15) is 8.78 Å². The smallest absolute Gasteiger partial charge is 0.151 e. The first-order valence-corrected chi connectivity index (χ1v) is 10.2. The summed E-state index contributed by atoms with van der Waals surface area (Å²) in [5, 5.41) is 7.81. The minimum atomic E-state index is -0.581. The zero-order chi connectivity index (χ0) is 19.0. The molecule has 1 saturated carbocycles. The van der Waals surface area contributed by atoms with Crippen LogP contribution in [0.25, 0.3) is 5.69 Å². The summed E-state index contributed by atoms with van der Waals surface area (Å²) < 4.78 is 29.4. The number of aromatic nitrogens is 3. The molecule has 0 radical (unpaired) electrons. The molecule has 2 unspecified atom stereocenters. The number of benzene rings is 1. The predicted molar refractivity (Wildman–Crippen MR) is 102 cm³/mol. The molecule has 3 nitrogen and oxygen atoms in total. The first-order valence-electron chi connectivity index (χ1n) is 9.30. The van der Waals surface area contributed by atoms with Gasteiger partial charge in [0.05, 0.1) is 23.0 Å². The number of hydrogen-bond acceptors (Lipinski definition) is 3. The van der Waals surface area contributed by atoms with Gasteiger partial charge in [0, 0.05) is 28.3 Å². The van der Waals surface area contributed by atoms with Crippen LogP contribution in [-0.4, -0.2) is 14.8 Å². The molecule has 5 rings (SSSR count). The van der Waals surface area contributed by atoms with Crippen LogP contribution in [0.2, 0.25) is 0 Å². The second-order valence-electron chi connectivity index (χ2n) is 8.76. The van der Waals surface area contributed by atoms with Gasteiger partial charge in [-0.1, -0.05) is 20.8 Å². The fourth-order valence-corrected chi connectivity index (χ4v) is 5.94. The molecule has 2 aliphatic rings. The van der Waals surface area contributed by atoms with Crippen LogP contribution in [0.3, 0.4) is 0 Å². The van der Waals surface area contributed by atoms with E-state index < -0.39 is 11.6 Å². The zero-order valence-corrected chi connectivity index (χ0v) is 16.4. The van der Waals surface area contributed by atoms with E-state index >= 15 is 0 Å². The van der Waals surface area contributed by atoms with Gasteiger partial charge >= 0.3 is 0 Å². The van der Waals surface area contributed by atoms with Gasteiger partial charge in [-0.05, 0) is 31.4 Å². The topological polar surface area (TPSA) is 30.7 Å². The van der Waals surface area contributed by atoms with E-state index in [1.54, 1.807) is 16.0 Å². The number of thiazole rings is 1. The molecule has 1 fully saturated rings. The lowest BCUT2D eigenvalue weighted by Gasteiger charge is -2.25. The molecule has 2 aromatic heterocycles. The molecular formula is C21H21F2N3S. The molecule has 140 valence electrons. The second kappa shape index (κ2) is 5.47. The second-order valence-corrected chi connectivity index (χ2v) is 9.62. The third-order valence-corrected chi connectivity index (χ3v) is 7.09. The van der Waals surface area contributed by atoms with E-state index in [1.165, 1.54) is 12.1 Å². The molecule has 2 bridgehead atoms. The predicted octanol–water partition coefficient (Wildman–Crippen LogP) is 5.47. The molecule has 27 heavy (non-hydrogen) atoms. The molecule has 2 aliphatic carbocycles.